The first-order chi connectivity index (χ1) is 16.0. The zero-order valence-corrected chi connectivity index (χ0v) is 18.0. The highest BCUT2D eigenvalue weighted by Gasteiger charge is 2.19. The summed E-state index contributed by atoms with van der Waals surface area (Å²) in [6.45, 7) is 0.189. The number of nitrogens with zero attached hydrogens (tertiary/aromatic N) is 5. The molecule has 0 amide bonds. The van der Waals surface area contributed by atoms with Crippen molar-refractivity contribution in [1.82, 2.24) is 25.0 Å². The molecular weight excluding hydrogens is 418 g/mol. The Kier molecular flexibility index (Phi) is 4.84. The maximum atomic E-state index is 12.2. The lowest BCUT2D eigenvalue weighted by Crippen LogP contribution is -2.13. The summed E-state index contributed by atoms with van der Waals surface area (Å²) in [5.74, 6) is 0.572. The van der Waals surface area contributed by atoms with Crippen molar-refractivity contribution in [3.63, 3.8) is 0 Å². The van der Waals surface area contributed by atoms with E-state index < -0.39 is 0 Å². The van der Waals surface area contributed by atoms with Crippen LogP contribution in [-0.2, 0) is 13.6 Å². The molecule has 3 heterocycles. The number of aromatic nitrogens is 5. The molecule has 0 radical (unpaired) electrons. The normalized spacial score (nSPS) is 11.1. The number of nitriles is 1. The predicted octanol–water partition coefficient (Wildman–Crippen LogP) is 2.88. The largest absolute Gasteiger partial charge is 0.495 e. The van der Waals surface area contributed by atoms with E-state index in [1.807, 2.05) is 37.4 Å². The number of pyridine rings is 1. The lowest BCUT2D eigenvalue weighted by Gasteiger charge is -2.12. The molecule has 0 aliphatic carbocycles. The number of rotatable bonds is 4. The van der Waals surface area contributed by atoms with Gasteiger partial charge in [-0.2, -0.15) is 15.5 Å². The van der Waals surface area contributed by atoms with Crippen LogP contribution in [0.3, 0.4) is 0 Å². The lowest BCUT2D eigenvalue weighted by atomic mass is 9.94. The molecule has 3 N–H and O–H groups in total. The Morgan fingerprint density at radius 2 is 1.97 bits per heavy atom. The van der Waals surface area contributed by atoms with E-state index in [9.17, 15) is 10.1 Å². The van der Waals surface area contributed by atoms with E-state index in [0.29, 0.717) is 38.7 Å². The zero-order valence-electron chi connectivity index (χ0n) is 18.0. The van der Waals surface area contributed by atoms with Crippen LogP contribution in [0.25, 0.3) is 44.1 Å². The molecule has 9 nitrogen and oxygen atoms in total. The van der Waals surface area contributed by atoms with Crippen LogP contribution in [0.1, 0.15) is 11.3 Å². The van der Waals surface area contributed by atoms with Crippen molar-refractivity contribution in [1.29, 1.82) is 5.26 Å². The van der Waals surface area contributed by atoms with Gasteiger partial charge in [0.25, 0.3) is 5.56 Å². The number of ether oxygens (including phenoxy) is 1. The topological polar surface area (TPSA) is 136 Å². The highest BCUT2D eigenvalue weighted by atomic mass is 16.5. The van der Waals surface area contributed by atoms with Crippen LogP contribution in [0, 0.1) is 11.3 Å². The molecule has 2 aromatic carbocycles. The number of aryl methyl sites for hydroxylation is 1. The second-order valence-corrected chi connectivity index (χ2v) is 7.54. The molecule has 0 aliphatic heterocycles. The van der Waals surface area contributed by atoms with E-state index in [-0.39, 0.29) is 12.1 Å². The maximum absolute atomic E-state index is 12.2. The van der Waals surface area contributed by atoms with Gasteiger partial charge in [0.1, 0.15) is 11.8 Å². The Balaban J connectivity index is 1.78. The Bertz CT molecular complexity index is 1640. The number of H-pyrrole nitrogens is 1. The van der Waals surface area contributed by atoms with Crippen molar-refractivity contribution in [2.75, 3.05) is 7.11 Å². The van der Waals surface area contributed by atoms with E-state index >= 15 is 0 Å². The number of hydrogen-bond acceptors (Lipinski definition) is 7. The highest BCUT2D eigenvalue weighted by Crippen LogP contribution is 2.37. The second kappa shape index (κ2) is 7.85. The molecule has 162 valence electrons. The van der Waals surface area contributed by atoms with Crippen LogP contribution < -0.4 is 16.0 Å². The van der Waals surface area contributed by atoms with Gasteiger partial charge in [0.05, 0.1) is 47.4 Å². The van der Waals surface area contributed by atoms with Crippen LogP contribution >= 0.6 is 0 Å². The molecule has 0 fully saturated rings. The monoisotopic (exact) mass is 437 g/mol. The van der Waals surface area contributed by atoms with Crippen molar-refractivity contribution < 1.29 is 4.74 Å². The zero-order chi connectivity index (χ0) is 23.1. The van der Waals surface area contributed by atoms with Crippen LogP contribution in [0.2, 0.25) is 0 Å². The van der Waals surface area contributed by atoms with E-state index in [2.05, 4.69) is 26.3 Å². The number of nitrogens with two attached hydrogens (primary N) is 1. The summed E-state index contributed by atoms with van der Waals surface area (Å²) in [4.78, 5) is 16.6. The number of nitrogens with one attached hydrogen (secondary N) is 1. The van der Waals surface area contributed by atoms with E-state index in [4.69, 9.17) is 10.5 Å². The maximum Gasteiger partial charge on any atom is 0.272 e. The van der Waals surface area contributed by atoms with Crippen LogP contribution in [0.4, 0.5) is 0 Å². The highest BCUT2D eigenvalue weighted by molar-refractivity contribution is 5.96. The third-order valence-electron chi connectivity index (χ3n) is 5.75. The smallest absolute Gasteiger partial charge is 0.272 e. The number of hydrogen-bond donors (Lipinski definition) is 2. The molecule has 33 heavy (non-hydrogen) atoms. The summed E-state index contributed by atoms with van der Waals surface area (Å²) in [7, 11) is 3.39. The molecule has 0 bridgehead atoms. The predicted molar refractivity (Wildman–Crippen MR) is 124 cm³/mol. The SMILES string of the molecule is COc1cnc2ccc(-c3c(-c4ccc5c(=O)[nH]nc(CN)c5c4)cnn3C)c(C#N)c2c1. The summed E-state index contributed by atoms with van der Waals surface area (Å²) < 4.78 is 7.04. The average molecular weight is 437 g/mol. The first-order valence-corrected chi connectivity index (χ1v) is 10.2. The van der Waals surface area contributed by atoms with Crippen molar-refractivity contribution in [3.8, 4) is 34.2 Å². The van der Waals surface area contributed by atoms with Gasteiger partial charge in [0.2, 0.25) is 0 Å². The van der Waals surface area contributed by atoms with Crippen LogP contribution in [0.15, 0.2) is 53.6 Å². The standard InChI is InChI=1S/C24H19N7O2/c1-31-23(15-5-6-21-18(19(15)9-25)8-14(33-2)11-27-21)20(12-28-31)13-3-4-16-17(7-13)22(10-26)29-30-24(16)32/h3-8,11-12H,10,26H2,1-2H3,(H,30,32). The number of methoxy groups -OCH3 is 1. The molecule has 0 spiro atoms. The minimum absolute atomic E-state index is 0.189. The molecule has 5 rings (SSSR count). The third kappa shape index (κ3) is 3.21. The second-order valence-electron chi connectivity index (χ2n) is 7.54. The molecule has 0 unspecified atom stereocenters. The molecule has 3 aromatic heterocycles. The quantitative estimate of drug-likeness (QED) is 0.441. The van der Waals surface area contributed by atoms with E-state index in [0.717, 1.165) is 22.4 Å². The number of benzene rings is 2. The summed E-state index contributed by atoms with van der Waals surface area (Å²) in [6, 6.07) is 13.4. The minimum atomic E-state index is -0.275. The van der Waals surface area contributed by atoms with Gasteiger partial charge in [-0.1, -0.05) is 6.07 Å². The molecule has 9 heteroatoms. The lowest BCUT2D eigenvalue weighted by molar-refractivity contribution is 0.414. The molecule has 0 saturated carbocycles. The van der Waals surface area contributed by atoms with Gasteiger partial charge in [0, 0.05) is 35.5 Å². The van der Waals surface area contributed by atoms with Gasteiger partial charge in [-0.05, 0) is 35.9 Å². The van der Waals surface area contributed by atoms with Gasteiger partial charge in [0.15, 0.2) is 0 Å². The number of fused-ring (bicyclic) bond motifs is 2. The first-order valence-electron chi connectivity index (χ1n) is 10.2. The Labute approximate surface area is 188 Å². The van der Waals surface area contributed by atoms with Crippen molar-refractivity contribution in [3.05, 3.63) is 70.4 Å². The van der Waals surface area contributed by atoms with Gasteiger partial charge in [-0.25, -0.2) is 5.10 Å². The fraction of sp³-hybridized carbons (Fsp3) is 0.125. The van der Waals surface area contributed by atoms with Gasteiger partial charge < -0.3 is 10.5 Å². The number of aromatic amines is 1. The Hall–Kier alpha value is -4.55. The summed E-state index contributed by atoms with van der Waals surface area (Å²) in [5, 5.41) is 23.0. The van der Waals surface area contributed by atoms with Crippen molar-refractivity contribution >= 4 is 21.7 Å². The van der Waals surface area contributed by atoms with Gasteiger partial charge >= 0.3 is 0 Å². The van der Waals surface area contributed by atoms with E-state index in [1.54, 1.807) is 30.3 Å². The fourth-order valence-electron chi connectivity index (χ4n) is 4.12. The third-order valence-corrected chi connectivity index (χ3v) is 5.75. The van der Waals surface area contributed by atoms with Crippen molar-refractivity contribution in [2.45, 2.75) is 6.54 Å². The van der Waals surface area contributed by atoms with Gasteiger partial charge in [-0.3, -0.25) is 14.5 Å². The van der Waals surface area contributed by atoms with Crippen molar-refractivity contribution in [2.24, 2.45) is 12.8 Å². The summed E-state index contributed by atoms with van der Waals surface area (Å²) >= 11 is 0. The summed E-state index contributed by atoms with van der Waals surface area (Å²) in [5.41, 5.74) is 10.5. The fourth-order valence-corrected chi connectivity index (χ4v) is 4.12. The molecular formula is C24H19N7O2. The van der Waals surface area contributed by atoms with Gasteiger partial charge in [-0.15, -0.1) is 0 Å². The molecule has 5 aromatic rings. The Morgan fingerprint density at radius 3 is 2.73 bits per heavy atom. The molecule has 0 saturated heterocycles. The molecule has 0 aliphatic rings. The molecule has 0 atom stereocenters. The van der Waals surface area contributed by atoms with Crippen LogP contribution in [0.5, 0.6) is 5.75 Å². The average Bonchev–Trinajstić information content (AvgIpc) is 3.24. The first kappa shape index (κ1) is 20.4. The minimum Gasteiger partial charge on any atom is -0.495 e. The Morgan fingerprint density at radius 1 is 1.12 bits per heavy atom. The summed E-state index contributed by atoms with van der Waals surface area (Å²) in [6.07, 6.45) is 3.37. The van der Waals surface area contributed by atoms with Crippen LogP contribution in [-0.4, -0.2) is 32.1 Å². The van der Waals surface area contributed by atoms with E-state index in [1.165, 1.54) is 0 Å².